The maximum absolute atomic E-state index is 12.9. The number of hydrogen-bond acceptors (Lipinski definition) is 4. The van der Waals surface area contributed by atoms with Crippen molar-refractivity contribution in [2.45, 2.75) is 37.1 Å². The molecule has 11 heteroatoms. The van der Waals surface area contributed by atoms with Gasteiger partial charge in [0.1, 0.15) is 5.82 Å². The zero-order valence-electron chi connectivity index (χ0n) is 9.84. The van der Waals surface area contributed by atoms with Gasteiger partial charge in [-0.1, -0.05) is 0 Å². The summed E-state index contributed by atoms with van der Waals surface area (Å²) in [5.74, 6) is -0.784. The van der Waals surface area contributed by atoms with Gasteiger partial charge in [-0.3, -0.25) is 0 Å². The van der Waals surface area contributed by atoms with Crippen LogP contribution >= 0.6 is 0 Å². The number of fused-ring (bicyclic) bond motifs is 1. The van der Waals surface area contributed by atoms with Crippen LogP contribution in [-0.4, -0.2) is 38.1 Å². The van der Waals surface area contributed by atoms with E-state index in [1.165, 1.54) is 12.2 Å². The van der Waals surface area contributed by atoms with Crippen LogP contribution in [0.3, 0.4) is 0 Å². The highest BCUT2D eigenvalue weighted by Crippen LogP contribution is 2.49. The first-order chi connectivity index (χ1) is 8.80. The Labute approximate surface area is 107 Å². The average Bonchev–Trinajstić information content (AvgIpc) is 2.55. The number of nitrogens with one attached hydrogen (secondary N) is 1. The van der Waals surface area contributed by atoms with Crippen molar-refractivity contribution >= 4 is 5.82 Å². The molecule has 1 aliphatic rings. The third-order valence-corrected chi connectivity index (χ3v) is 2.94. The van der Waals surface area contributed by atoms with Crippen molar-refractivity contribution in [3.8, 4) is 0 Å². The van der Waals surface area contributed by atoms with E-state index in [0.717, 1.165) is 6.07 Å². The number of anilines is 1. The third-order valence-electron chi connectivity index (χ3n) is 2.94. The Bertz CT molecular complexity index is 539. The fourth-order valence-corrected chi connectivity index (χ4v) is 1.95. The average molecular weight is 305 g/mol. The summed E-state index contributed by atoms with van der Waals surface area (Å²) in [4.78, 5) is 0. The van der Waals surface area contributed by atoms with Crippen LogP contribution in [0.1, 0.15) is 12.1 Å². The highest BCUT2D eigenvalue weighted by Gasteiger charge is 2.69. The van der Waals surface area contributed by atoms with Crippen LogP contribution in [0, 0.1) is 6.92 Å². The van der Waals surface area contributed by atoms with Crippen LogP contribution in [0.25, 0.3) is 0 Å². The molecule has 1 aromatic heterocycles. The van der Waals surface area contributed by atoms with Gasteiger partial charge in [-0.15, -0.1) is 0 Å². The van der Waals surface area contributed by atoms with E-state index in [1.807, 2.05) is 0 Å². The van der Waals surface area contributed by atoms with Crippen molar-refractivity contribution in [1.82, 2.24) is 9.78 Å². The molecule has 0 aliphatic carbocycles. The predicted octanol–water partition coefficient (Wildman–Crippen LogP) is 1.47. The van der Waals surface area contributed by atoms with Crippen LogP contribution in [0.15, 0.2) is 6.07 Å². The van der Waals surface area contributed by atoms with Crippen LogP contribution in [0.2, 0.25) is 0 Å². The summed E-state index contributed by atoms with van der Waals surface area (Å²) in [6, 6.07) is 0.854. The number of aromatic nitrogens is 2. The van der Waals surface area contributed by atoms with Gasteiger partial charge in [-0.05, 0) is 6.92 Å². The largest absolute Gasteiger partial charge is 0.438 e. The van der Waals surface area contributed by atoms with Gasteiger partial charge < -0.3 is 15.5 Å². The number of nitrogens with zero attached hydrogens (tertiary/aromatic N) is 2. The number of aryl methyl sites for hydroxylation is 1. The molecule has 3 N–H and O–H groups in total. The molecule has 0 fully saturated rings. The third kappa shape index (κ3) is 1.92. The van der Waals surface area contributed by atoms with E-state index in [9.17, 15) is 36.6 Å². The lowest BCUT2D eigenvalue weighted by Gasteiger charge is -2.44. The Balaban J connectivity index is 2.64. The Kier molecular flexibility index (Phi) is 2.82. The second-order valence-electron chi connectivity index (χ2n) is 4.56. The molecule has 5 nitrogen and oxygen atoms in total. The highest BCUT2D eigenvalue weighted by molar-refractivity contribution is 5.43. The standard InChI is InChI=1S/C9H9F6N3O2/c1-4-2-5-16-6(19,8(10,11)12)3-7(20,9(13,14)15)18(5)17-4/h2,16,19-20H,3H2,1H3. The fourth-order valence-electron chi connectivity index (χ4n) is 1.95. The lowest BCUT2D eigenvalue weighted by Crippen LogP contribution is -2.64. The van der Waals surface area contributed by atoms with Crippen LogP contribution in [0.5, 0.6) is 0 Å². The van der Waals surface area contributed by atoms with E-state index in [2.05, 4.69) is 5.10 Å². The number of halogens is 6. The molecule has 114 valence electrons. The number of rotatable bonds is 0. The minimum absolute atomic E-state index is 0.0114. The van der Waals surface area contributed by atoms with Crippen LogP contribution in [-0.2, 0) is 5.72 Å². The zero-order chi connectivity index (χ0) is 15.6. The van der Waals surface area contributed by atoms with Gasteiger partial charge >= 0.3 is 12.4 Å². The maximum atomic E-state index is 12.9. The molecule has 0 spiro atoms. The molecular weight excluding hydrogens is 296 g/mol. The van der Waals surface area contributed by atoms with Gasteiger partial charge in [-0.2, -0.15) is 31.4 Å². The summed E-state index contributed by atoms with van der Waals surface area (Å²) in [6.07, 6.45) is -12.9. The minimum atomic E-state index is -5.46. The molecule has 0 bridgehead atoms. The SMILES string of the molecule is Cc1cc2n(n1)C(O)(C(F)(F)F)CC(O)(C(F)(F)F)N2. The molecule has 2 heterocycles. The normalized spacial score (nSPS) is 30.9. The maximum Gasteiger partial charge on any atom is 0.438 e. The number of aliphatic hydroxyl groups is 2. The van der Waals surface area contributed by atoms with E-state index in [4.69, 9.17) is 0 Å². The first kappa shape index (κ1) is 14.9. The van der Waals surface area contributed by atoms with Gasteiger partial charge in [0.2, 0.25) is 5.72 Å². The summed E-state index contributed by atoms with van der Waals surface area (Å²) in [5.41, 5.74) is -7.94. The fraction of sp³-hybridized carbons (Fsp3) is 0.667. The molecular formula is C9H9F6N3O2. The highest BCUT2D eigenvalue weighted by atomic mass is 19.4. The van der Waals surface area contributed by atoms with E-state index >= 15 is 0 Å². The molecule has 2 rings (SSSR count). The lowest BCUT2D eigenvalue weighted by atomic mass is 9.96. The summed E-state index contributed by atoms with van der Waals surface area (Å²) in [5, 5.41) is 23.9. The molecule has 0 saturated carbocycles. The molecule has 20 heavy (non-hydrogen) atoms. The first-order valence-electron chi connectivity index (χ1n) is 5.24. The second-order valence-corrected chi connectivity index (χ2v) is 4.56. The van der Waals surface area contributed by atoms with Gasteiger partial charge in [0.05, 0.1) is 12.1 Å². The van der Waals surface area contributed by atoms with E-state index in [0.29, 0.717) is 0 Å². The van der Waals surface area contributed by atoms with Crippen molar-refractivity contribution in [1.29, 1.82) is 0 Å². The topological polar surface area (TPSA) is 70.3 Å². The Morgan fingerprint density at radius 3 is 2.20 bits per heavy atom. The van der Waals surface area contributed by atoms with Gasteiger partial charge in [0, 0.05) is 6.07 Å². The molecule has 1 aliphatic heterocycles. The number of alkyl halides is 6. The van der Waals surface area contributed by atoms with Crippen molar-refractivity contribution in [2.24, 2.45) is 0 Å². The molecule has 0 saturated heterocycles. The number of hydrogen-bond donors (Lipinski definition) is 3. The molecule has 1 aromatic rings. The van der Waals surface area contributed by atoms with Gasteiger partial charge in [0.25, 0.3) is 5.72 Å². The van der Waals surface area contributed by atoms with Crippen LogP contribution < -0.4 is 5.32 Å². The summed E-state index contributed by atoms with van der Waals surface area (Å²) < 4.78 is 77.0. The molecule has 2 atom stereocenters. The van der Waals surface area contributed by atoms with Crippen molar-refractivity contribution in [3.63, 3.8) is 0 Å². The predicted molar refractivity (Wildman–Crippen MR) is 52.5 cm³/mol. The van der Waals surface area contributed by atoms with E-state index in [1.54, 1.807) is 0 Å². The lowest BCUT2D eigenvalue weighted by molar-refractivity contribution is -0.345. The van der Waals surface area contributed by atoms with E-state index < -0.39 is 36.0 Å². The quantitative estimate of drug-likeness (QED) is 0.635. The van der Waals surface area contributed by atoms with E-state index in [-0.39, 0.29) is 10.4 Å². The van der Waals surface area contributed by atoms with Crippen molar-refractivity contribution < 1.29 is 36.6 Å². The summed E-state index contributed by atoms with van der Waals surface area (Å²) >= 11 is 0. The monoisotopic (exact) mass is 305 g/mol. The molecule has 2 unspecified atom stereocenters. The molecule has 0 amide bonds. The van der Waals surface area contributed by atoms with Gasteiger partial charge in [0.15, 0.2) is 0 Å². The summed E-state index contributed by atoms with van der Waals surface area (Å²) in [6.45, 7) is 1.23. The molecule has 0 aromatic carbocycles. The van der Waals surface area contributed by atoms with Crippen LogP contribution in [0.4, 0.5) is 32.2 Å². The Hall–Kier alpha value is -1.49. The minimum Gasteiger partial charge on any atom is -0.363 e. The second kappa shape index (κ2) is 3.79. The first-order valence-corrected chi connectivity index (χ1v) is 5.24. The summed E-state index contributed by atoms with van der Waals surface area (Å²) in [7, 11) is 0. The Morgan fingerprint density at radius 1 is 1.20 bits per heavy atom. The van der Waals surface area contributed by atoms with Gasteiger partial charge in [-0.25, -0.2) is 4.68 Å². The smallest absolute Gasteiger partial charge is 0.363 e. The Morgan fingerprint density at radius 2 is 1.75 bits per heavy atom. The molecule has 0 radical (unpaired) electrons. The van der Waals surface area contributed by atoms with Crippen molar-refractivity contribution in [2.75, 3.05) is 5.32 Å². The zero-order valence-corrected chi connectivity index (χ0v) is 9.84. The van der Waals surface area contributed by atoms with Crippen molar-refractivity contribution in [3.05, 3.63) is 11.8 Å².